The Kier molecular flexibility index (Phi) is 14.7. The van der Waals surface area contributed by atoms with Gasteiger partial charge in [0.05, 0.1) is 0 Å². The monoisotopic (exact) mass is 705 g/mol. The van der Waals surface area contributed by atoms with Crippen LogP contribution in [0.25, 0.3) is 0 Å². The second-order valence-corrected chi connectivity index (χ2v) is 19.8. The van der Waals surface area contributed by atoms with Crippen LogP contribution >= 0.6 is 0 Å². The minimum Gasteiger partial charge on any atom is -0.482 e. The van der Waals surface area contributed by atoms with Crippen LogP contribution in [0, 0.1) is 17.8 Å². The maximum Gasteiger partial charge on any atom is 0.410 e. The second-order valence-electron chi connectivity index (χ2n) is 15.1. The zero-order valence-corrected chi connectivity index (χ0v) is 32.3. The molecule has 0 N–H and O–H groups in total. The van der Waals surface area contributed by atoms with Gasteiger partial charge in [-0.1, -0.05) is 83.0 Å². The lowest BCUT2D eigenvalue weighted by atomic mass is 9.73. The van der Waals surface area contributed by atoms with Gasteiger partial charge < -0.3 is 23.5 Å². The van der Waals surface area contributed by atoms with Crippen LogP contribution in [0.15, 0.2) is 48.5 Å². The summed E-state index contributed by atoms with van der Waals surface area (Å²) in [4.78, 5) is 27.8. The number of unbranched alkanes of at least 4 members (excludes halogenated alkanes) is 2. The number of carbonyl (C=O) groups is 2. The van der Waals surface area contributed by atoms with Gasteiger partial charge in [0.25, 0.3) is 0 Å². The van der Waals surface area contributed by atoms with E-state index in [1.165, 1.54) is 24.0 Å². The molecule has 0 bridgehead atoms. The lowest BCUT2D eigenvalue weighted by Crippen LogP contribution is -2.42. The van der Waals surface area contributed by atoms with Crippen molar-refractivity contribution in [1.29, 1.82) is 0 Å². The fraction of sp³-hybridized carbons (Fsp3) is 0.667. The Morgan fingerprint density at radius 1 is 0.880 bits per heavy atom. The maximum atomic E-state index is 13.2. The highest BCUT2D eigenvalue weighted by atomic mass is 28.4. The summed E-state index contributed by atoms with van der Waals surface area (Å²) in [5, 5.41) is 0. The molecule has 1 amide bonds. The summed E-state index contributed by atoms with van der Waals surface area (Å²) in [6.45, 7) is 11.0. The van der Waals surface area contributed by atoms with Gasteiger partial charge in [-0.3, -0.25) is 0 Å². The molecule has 2 fully saturated rings. The third kappa shape index (κ3) is 10.1. The molecule has 0 radical (unpaired) electrons. The number of fused-ring (bicyclic) bond motifs is 2. The van der Waals surface area contributed by atoms with Gasteiger partial charge >= 0.3 is 12.1 Å². The van der Waals surface area contributed by atoms with E-state index in [1.54, 1.807) is 0 Å². The lowest BCUT2D eigenvalue weighted by molar-refractivity contribution is -0.147. The van der Waals surface area contributed by atoms with Crippen molar-refractivity contribution in [3.8, 4) is 5.75 Å². The van der Waals surface area contributed by atoms with Gasteiger partial charge in [0, 0.05) is 19.2 Å². The Labute approximate surface area is 302 Å². The molecule has 2 aliphatic carbocycles. The quantitative estimate of drug-likeness (QED) is 0.0874. The van der Waals surface area contributed by atoms with Gasteiger partial charge in [-0.15, -0.1) is 0 Å². The average molecular weight is 706 g/mol. The van der Waals surface area contributed by atoms with Crippen molar-refractivity contribution < 1.29 is 28.2 Å². The predicted molar refractivity (Wildman–Crippen MR) is 202 cm³/mol. The number of hydrogen-bond acceptors (Lipinski definition) is 6. The van der Waals surface area contributed by atoms with E-state index in [0.29, 0.717) is 17.8 Å². The van der Waals surface area contributed by atoms with Crippen LogP contribution < -0.4 is 4.74 Å². The molecule has 1 saturated heterocycles. The summed E-state index contributed by atoms with van der Waals surface area (Å²) in [6, 6.07) is 19.5. The standard InChI is InChI=1S/C42H63NO6Si/c1-5-9-12-21-35(48-42(45)43-25-15-11-16-26-43)23-24-36-37-27-33-20-17-22-39(46-31-41(44)47-30-32-18-13-10-14-19-32)38(33)28-34(37)29-40(36)49-50(6-2,7-3)8-4/h10,13-14,17-20,22,34-37,40H,5-9,11-12,15-16,21,23-31H2,1-4H3/t34-,35-,36+,37-,40+/m0/s1. The number of ether oxygens (including phenoxy) is 3. The number of amides is 1. The molecule has 50 heavy (non-hydrogen) atoms. The zero-order valence-electron chi connectivity index (χ0n) is 31.3. The highest BCUT2D eigenvalue weighted by molar-refractivity contribution is 6.73. The van der Waals surface area contributed by atoms with Crippen molar-refractivity contribution in [2.45, 2.75) is 142 Å². The van der Waals surface area contributed by atoms with Crippen LogP contribution in [-0.2, 0) is 38.1 Å². The smallest absolute Gasteiger partial charge is 0.410 e. The fourth-order valence-electron chi connectivity index (χ4n) is 8.84. The molecule has 2 aromatic carbocycles. The first-order valence-corrected chi connectivity index (χ1v) is 22.5. The van der Waals surface area contributed by atoms with Crippen LogP contribution in [0.3, 0.4) is 0 Å². The number of piperidine rings is 1. The van der Waals surface area contributed by atoms with E-state index in [2.05, 4.69) is 39.8 Å². The van der Waals surface area contributed by atoms with E-state index in [-0.39, 0.29) is 37.5 Å². The molecule has 5 atom stereocenters. The molecular formula is C42H63NO6Si. The predicted octanol–water partition coefficient (Wildman–Crippen LogP) is 9.90. The molecule has 0 spiro atoms. The highest BCUT2D eigenvalue weighted by Gasteiger charge is 2.48. The molecule has 0 aromatic heterocycles. The first-order valence-electron chi connectivity index (χ1n) is 19.9. The van der Waals surface area contributed by atoms with Crippen molar-refractivity contribution >= 4 is 20.4 Å². The maximum absolute atomic E-state index is 13.2. The van der Waals surface area contributed by atoms with Gasteiger partial charge in [0.1, 0.15) is 18.5 Å². The first-order chi connectivity index (χ1) is 24.4. The molecule has 2 aromatic rings. The van der Waals surface area contributed by atoms with Gasteiger partial charge in [0.15, 0.2) is 14.9 Å². The minimum absolute atomic E-state index is 0.0428. The van der Waals surface area contributed by atoms with Crippen LogP contribution in [0.2, 0.25) is 18.1 Å². The van der Waals surface area contributed by atoms with Crippen molar-refractivity contribution in [3.63, 3.8) is 0 Å². The Morgan fingerprint density at radius 3 is 2.36 bits per heavy atom. The van der Waals surface area contributed by atoms with Gasteiger partial charge in [0.2, 0.25) is 0 Å². The number of likely N-dealkylation sites (tertiary alicyclic amines) is 1. The van der Waals surface area contributed by atoms with E-state index >= 15 is 0 Å². The second kappa shape index (κ2) is 19.1. The van der Waals surface area contributed by atoms with Gasteiger partial charge in [-0.05, 0) is 123 Å². The van der Waals surface area contributed by atoms with Crippen LogP contribution in [-0.4, -0.2) is 57.2 Å². The molecule has 276 valence electrons. The van der Waals surface area contributed by atoms with E-state index in [1.807, 2.05) is 41.3 Å². The van der Waals surface area contributed by atoms with Crippen molar-refractivity contribution in [3.05, 3.63) is 65.2 Å². The van der Waals surface area contributed by atoms with Crippen LogP contribution in [0.5, 0.6) is 5.75 Å². The molecular weight excluding hydrogens is 643 g/mol. The number of benzene rings is 2. The number of rotatable bonds is 18. The van der Waals surface area contributed by atoms with Crippen LogP contribution in [0.1, 0.15) is 109 Å². The van der Waals surface area contributed by atoms with E-state index in [4.69, 9.17) is 18.6 Å². The lowest BCUT2D eigenvalue weighted by Gasteiger charge is -2.36. The average Bonchev–Trinajstić information content (AvgIpc) is 3.49. The SMILES string of the molecule is CCCCC[C@@H](CC[C@@H]1[C@H]2Cc3cccc(OCC(=O)OCc4ccccc4)c3C[C@H]2C[C@H]1O[Si](CC)(CC)CC)OC(=O)N1CCCCC1. The van der Waals surface area contributed by atoms with E-state index in [9.17, 15) is 9.59 Å². The molecule has 5 rings (SSSR count). The minimum atomic E-state index is -1.84. The number of nitrogens with zero attached hydrogens (tertiary/aromatic N) is 1. The Bertz CT molecular complexity index is 1330. The number of hydrogen-bond donors (Lipinski definition) is 0. The zero-order chi connectivity index (χ0) is 35.3. The molecule has 8 heteroatoms. The highest BCUT2D eigenvalue weighted by Crippen LogP contribution is 2.50. The molecule has 3 aliphatic rings. The summed E-state index contributed by atoms with van der Waals surface area (Å²) in [5.74, 6) is 1.90. The molecule has 0 unspecified atom stereocenters. The van der Waals surface area contributed by atoms with Crippen molar-refractivity contribution in [2.24, 2.45) is 17.8 Å². The normalized spacial score (nSPS) is 22.4. The molecule has 1 heterocycles. The summed E-state index contributed by atoms with van der Waals surface area (Å²) in [7, 11) is -1.84. The third-order valence-corrected chi connectivity index (χ3v) is 16.7. The summed E-state index contributed by atoms with van der Waals surface area (Å²) in [5.41, 5.74) is 3.53. The largest absolute Gasteiger partial charge is 0.482 e. The Balaban J connectivity index is 1.28. The molecule has 1 aliphatic heterocycles. The Hall–Kier alpha value is -2.84. The van der Waals surface area contributed by atoms with Gasteiger partial charge in [-0.2, -0.15) is 0 Å². The number of esters is 1. The topological polar surface area (TPSA) is 74.3 Å². The fourth-order valence-corrected chi connectivity index (χ4v) is 11.8. The number of carbonyl (C=O) groups excluding carboxylic acids is 2. The van der Waals surface area contributed by atoms with Crippen LogP contribution in [0.4, 0.5) is 4.79 Å². The van der Waals surface area contributed by atoms with E-state index in [0.717, 1.165) is 107 Å². The third-order valence-electron chi connectivity index (χ3n) is 12.1. The summed E-state index contributed by atoms with van der Waals surface area (Å²) in [6.07, 6.45) is 12.7. The Morgan fingerprint density at radius 2 is 1.64 bits per heavy atom. The van der Waals surface area contributed by atoms with Crippen molar-refractivity contribution in [1.82, 2.24) is 4.90 Å². The summed E-state index contributed by atoms with van der Waals surface area (Å²) >= 11 is 0. The van der Waals surface area contributed by atoms with E-state index < -0.39 is 8.32 Å². The molecule has 7 nitrogen and oxygen atoms in total. The van der Waals surface area contributed by atoms with Crippen molar-refractivity contribution in [2.75, 3.05) is 19.7 Å². The van der Waals surface area contributed by atoms with Gasteiger partial charge in [-0.25, -0.2) is 9.59 Å². The first kappa shape index (κ1) is 38.4. The summed E-state index contributed by atoms with van der Waals surface area (Å²) < 4.78 is 25.3. The molecule has 1 saturated carbocycles.